The SMILES string of the molecule is Cc1noc(C)c1COc1ccc(C(=O)NCc2cnn(-c3ccccc3)c2)cc1. The Morgan fingerprint density at radius 3 is 2.57 bits per heavy atom. The summed E-state index contributed by atoms with van der Waals surface area (Å²) in [5.41, 5.74) is 4.22. The van der Waals surface area contributed by atoms with E-state index in [9.17, 15) is 4.79 Å². The van der Waals surface area contributed by atoms with E-state index in [1.54, 1.807) is 35.1 Å². The first-order chi connectivity index (χ1) is 14.6. The molecule has 0 atom stereocenters. The number of para-hydroxylation sites is 1. The molecule has 0 saturated carbocycles. The zero-order chi connectivity index (χ0) is 20.9. The fourth-order valence-corrected chi connectivity index (χ4v) is 3.02. The molecule has 0 fully saturated rings. The molecule has 2 heterocycles. The first-order valence-electron chi connectivity index (χ1n) is 9.62. The maximum atomic E-state index is 12.4. The number of carbonyl (C=O) groups is 1. The van der Waals surface area contributed by atoms with Crippen LogP contribution in [0.25, 0.3) is 5.69 Å². The van der Waals surface area contributed by atoms with Gasteiger partial charge in [-0.05, 0) is 50.2 Å². The molecule has 7 nitrogen and oxygen atoms in total. The highest BCUT2D eigenvalue weighted by Crippen LogP contribution is 2.18. The molecule has 7 heteroatoms. The van der Waals surface area contributed by atoms with Gasteiger partial charge in [0.1, 0.15) is 18.1 Å². The minimum atomic E-state index is -0.153. The molecule has 1 amide bonds. The monoisotopic (exact) mass is 402 g/mol. The van der Waals surface area contributed by atoms with Crippen LogP contribution in [0.4, 0.5) is 0 Å². The second-order valence-corrected chi connectivity index (χ2v) is 6.93. The quantitative estimate of drug-likeness (QED) is 0.505. The molecule has 152 valence electrons. The average molecular weight is 402 g/mol. The maximum absolute atomic E-state index is 12.4. The van der Waals surface area contributed by atoms with E-state index in [0.717, 1.165) is 28.3 Å². The van der Waals surface area contributed by atoms with Crippen LogP contribution >= 0.6 is 0 Å². The highest BCUT2D eigenvalue weighted by molar-refractivity contribution is 5.94. The lowest BCUT2D eigenvalue weighted by Gasteiger charge is -2.07. The van der Waals surface area contributed by atoms with Gasteiger partial charge in [-0.2, -0.15) is 5.10 Å². The third-order valence-electron chi connectivity index (χ3n) is 4.79. The number of ether oxygens (including phenoxy) is 1. The van der Waals surface area contributed by atoms with Gasteiger partial charge in [-0.25, -0.2) is 4.68 Å². The van der Waals surface area contributed by atoms with E-state index >= 15 is 0 Å². The van der Waals surface area contributed by atoms with Gasteiger partial charge < -0.3 is 14.6 Å². The first kappa shape index (κ1) is 19.4. The highest BCUT2D eigenvalue weighted by atomic mass is 16.5. The minimum Gasteiger partial charge on any atom is -0.489 e. The van der Waals surface area contributed by atoms with E-state index in [-0.39, 0.29) is 5.91 Å². The van der Waals surface area contributed by atoms with Crippen LogP contribution in [0.15, 0.2) is 71.5 Å². The fraction of sp³-hybridized carbons (Fsp3) is 0.174. The number of hydrogen-bond donors (Lipinski definition) is 1. The fourth-order valence-electron chi connectivity index (χ4n) is 3.02. The largest absolute Gasteiger partial charge is 0.489 e. The standard InChI is InChI=1S/C23H22N4O3/c1-16-22(17(2)30-26-16)15-29-21-10-8-19(9-11-21)23(28)24-12-18-13-25-27(14-18)20-6-4-3-5-7-20/h3-11,13-14H,12,15H2,1-2H3,(H,24,28). The molecule has 4 rings (SSSR count). The Morgan fingerprint density at radius 2 is 1.87 bits per heavy atom. The average Bonchev–Trinajstić information content (AvgIpc) is 3.38. The Hall–Kier alpha value is -3.87. The van der Waals surface area contributed by atoms with E-state index < -0.39 is 0 Å². The smallest absolute Gasteiger partial charge is 0.251 e. The van der Waals surface area contributed by atoms with E-state index in [1.165, 1.54) is 0 Å². The number of amides is 1. The van der Waals surface area contributed by atoms with Gasteiger partial charge in [0.05, 0.1) is 23.1 Å². The van der Waals surface area contributed by atoms with Crippen molar-refractivity contribution in [2.75, 3.05) is 0 Å². The Labute approximate surface area is 174 Å². The summed E-state index contributed by atoms with van der Waals surface area (Å²) in [6.45, 7) is 4.51. The van der Waals surface area contributed by atoms with Crippen molar-refractivity contribution in [2.24, 2.45) is 0 Å². The number of aryl methyl sites for hydroxylation is 2. The summed E-state index contributed by atoms with van der Waals surface area (Å²) in [6.07, 6.45) is 3.65. The van der Waals surface area contributed by atoms with Gasteiger partial charge in [-0.15, -0.1) is 0 Å². The molecule has 1 N–H and O–H groups in total. The molecule has 0 bridgehead atoms. The summed E-state index contributed by atoms with van der Waals surface area (Å²) in [5.74, 6) is 1.27. The van der Waals surface area contributed by atoms with E-state index in [1.807, 2.05) is 50.4 Å². The van der Waals surface area contributed by atoms with Crippen molar-refractivity contribution >= 4 is 5.91 Å². The molecule has 0 unspecified atom stereocenters. The molecule has 0 aliphatic rings. The normalized spacial score (nSPS) is 10.7. The molecule has 30 heavy (non-hydrogen) atoms. The summed E-state index contributed by atoms with van der Waals surface area (Å²) in [4.78, 5) is 12.4. The predicted molar refractivity (Wildman–Crippen MR) is 111 cm³/mol. The van der Waals surface area contributed by atoms with Gasteiger partial charge in [-0.3, -0.25) is 4.79 Å². The van der Waals surface area contributed by atoms with Crippen LogP contribution in [0.2, 0.25) is 0 Å². The molecule has 0 saturated heterocycles. The van der Waals surface area contributed by atoms with Crippen molar-refractivity contribution in [3.63, 3.8) is 0 Å². The topological polar surface area (TPSA) is 82.2 Å². The third-order valence-corrected chi connectivity index (χ3v) is 4.79. The Morgan fingerprint density at radius 1 is 1.10 bits per heavy atom. The lowest BCUT2D eigenvalue weighted by Crippen LogP contribution is -2.22. The second kappa shape index (κ2) is 8.65. The van der Waals surface area contributed by atoms with E-state index in [0.29, 0.717) is 24.5 Å². The number of nitrogens with one attached hydrogen (secondary N) is 1. The van der Waals surface area contributed by atoms with Crippen molar-refractivity contribution in [2.45, 2.75) is 27.0 Å². The van der Waals surface area contributed by atoms with Gasteiger partial charge >= 0.3 is 0 Å². The number of nitrogens with zero attached hydrogens (tertiary/aromatic N) is 3. The molecule has 0 radical (unpaired) electrons. The Kier molecular flexibility index (Phi) is 5.61. The van der Waals surface area contributed by atoms with Crippen LogP contribution in [0.3, 0.4) is 0 Å². The summed E-state index contributed by atoms with van der Waals surface area (Å²) in [5, 5.41) is 11.2. The molecule has 2 aromatic heterocycles. The summed E-state index contributed by atoms with van der Waals surface area (Å²) in [6, 6.07) is 16.9. The first-order valence-corrected chi connectivity index (χ1v) is 9.62. The van der Waals surface area contributed by atoms with Crippen molar-refractivity contribution in [3.8, 4) is 11.4 Å². The third kappa shape index (κ3) is 4.41. The van der Waals surface area contributed by atoms with E-state index in [2.05, 4.69) is 15.6 Å². The maximum Gasteiger partial charge on any atom is 0.251 e. The molecule has 0 aliphatic heterocycles. The number of rotatable bonds is 7. The number of aromatic nitrogens is 3. The van der Waals surface area contributed by atoms with Crippen LogP contribution in [0, 0.1) is 13.8 Å². The molecular formula is C23H22N4O3. The number of hydrogen-bond acceptors (Lipinski definition) is 5. The van der Waals surface area contributed by atoms with Crippen molar-refractivity contribution in [1.29, 1.82) is 0 Å². The molecule has 0 spiro atoms. The lowest BCUT2D eigenvalue weighted by molar-refractivity contribution is 0.0951. The van der Waals surface area contributed by atoms with Gasteiger partial charge in [0.15, 0.2) is 0 Å². The zero-order valence-electron chi connectivity index (χ0n) is 16.8. The molecule has 2 aromatic carbocycles. The van der Waals surface area contributed by atoms with Crippen LogP contribution in [-0.4, -0.2) is 20.8 Å². The molecule has 0 aliphatic carbocycles. The number of carbonyl (C=O) groups excluding carboxylic acids is 1. The summed E-state index contributed by atoms with van der Waals surface area (Å²) < 4.78 is 12.7. The Bertz CT molecular complexity index is 1110. The zero-order valence-corrected chi connectivity index (χ0v) is 16.8. The van der Waals surface area contributed by atoms with Gasteiger partial charge in [0.2, 0.25) is 0 Å². The van der Waals surface area contributed by atoms with Crippen molar-refractivity contribution < 1.29 is 14.1 Å². The predicted octanol–water partition coefficient (Wildman–Crippen LogP) is 3.99. The molecule has 4 aromatic rings. The summed E-state index contributed by atoms with van der Waals surface area (Å²) in [7, 11) is 0. The second-order valence-electron chi connectivity index (χ2n) is 6.93. The van der Waals surface area contributed by atoms with E-state index in [4.69, 9.17) is 9.26 Å². The highest BCUT2D eigenvalue weighted by Gasteiger charge is 2.11. The van der Waals surface area contributed by atoms with Crippen LogP contribution < -0.4 is 10.1 Å². The minimum absolute atomic E-state index is 0.153. The van der Waals surface area contributed by atoms with Gasteiger partial charge in [0.25, 0.3) is 5.91 Å². The van der Waals surface area contributed by atoms with Crippen LogP contribution in [0.5, 0.6) is 5.75 Å². The van der Waals surface area contributed by atoms with Crippen molar-refractivity contribution in [3.05, 3.63) is 95.1 Å². The van der Waals surface area contributed by atoms with Crippen LogP contribution in [-0.2, 0) is 13.2 Å². The lowest BCUT2D eigenvalue weighted by atomic mass is 10.2. The molecular weight excluding hydrogens is 380 g/mol. The summed E-state index contributed by atoms with van der Waals surface area (Å²) >= 11 is 0. The van der Waals surface area contributed by atoms with Gasteiger partial charge in [-0.1, -0.05) is 23.4 Å². The van der Waals surface area contributed by atoms with Crippen LogP contribution in [0.1, 0.15) is 32.9 Å². The van der Waals surface area contributed by atoms with Gasteiger partial charge in [0, 0.05) is 23.9 Å². The number of benzene rings is 2. The Balaban J connectivity index is 1.31. The van der Waals surface area contributed by atoms with Crippen molar-refractivity contribution in [1.82, 2.24) is 20.3 Å².